The van der Waals surface area contributed by atoms with Crippen LogP contribution in [0.5, 0.6) is 0 Å². The Morgan fingerprint density at radius 2 is 1.83 bits per heavy atom. The average Bonchev–Trinajstić information content (AvgIpc) is 2.65. The van der Waals surface area contributed by atoms with Gasteiger partial charge >= 0.3 is 18.3 Å². The molecule has 3 rings (SSSR count). The molecule has 2 aliphatic rings. The van der Waals surface area contributed by atoms with E-state index in [4.69, 9.17) is 18.9 Å². The van der Waals surface area contributed by atoms with E-state index in [2.05, 4.69) is 4.74 Å². The zero-order valence-electron chi connectivity index (χ0n) is 12.2. The maximum atomic E-state index is 12.2. The molecular formula is C15H14O8. The van der Waals surface area contributed by atoms with Gasteiger partial charge in [0.25, 0.3) is 0 Å². The van der Waals surface area contributed by atoms with Crippen molar-refractivity contribution in [2.45, 2.75) is 31.3 Å². The van der Waals surface area contributed by atoms with Crippen molar-refractivity contribution in [3.63, 3.8) is 0 Å². The van der Waals surface area contributed by atoms with E-state index in [-0.39, 0.29) is 6.61 Å². The molecular weight excluding hydrogens is 308 g/mol. The molecule has 0 amide bonds. The van der Waals surface area contributed by atoms with E-state index in [1.807, 2.05) is 0 Å². The van der Waals surface area contributed by atoms with Crippen LogP contribution in [-0.4, -0.2) is 49.3 Å². The lowest BCUT2D eigenvalue weighted by atomic mass is 10.0. The Morgan fingerprint density at radius 1 is 1.09 bits per heavy atom. The van der Waals surface area contributed by atoms with Gasteiger partial charge in [-0.05, 0) is 19.1 Å². The summed E-state index contributed by atoms with van der Waals surface area (Å²) >= 11 is 0. The second-order valence-electron chi connectivity index (χ2n) is 5.11. The molecule has 4 atom stereocenters. The summed E-state index contributed by atoms with van der Waals surface area (Å²) in [4.78, 5) is 35.1. The van der Waals surface area contributed by atoms with Crippen LogP contribution in [-0.2, 0) is 23.7 Å². The summed E-state index contributed by atoms with van der Waals surface area (Å²) in [5, 5.41) is 0. The first-order chi connectivity index (χ1) is 11.0. The van der Waals surface area contributed by atoms with Gasteiger partial charge < -0.3 is 23.7 Å². The van der Waals surface area contributed by atoms with E-state index < -0.39 is 42.7 Å². The van der Waals surface area contributed by atoms with E-state index in [0.29, 0.717) is 5.56 Å². The highest BCUT2D eigenvalue weighted by molar-refractivity contribution is 5.89. The van der Waals surface area contributed by atoms with Crippen LogP contribution in [0, 0.1) is 0 Å². The van der Waals surface area contributed by atoms with Gasteiger partial charge in [-0.1, -0.05) is 18.2 Å². The number of benzene rings is 1. The number of hydrogen-bond donors (Lipinski definition) is 0. The Bertz CT molecular complexity index is 613. The third kappa shape index (κ3) is 3.20. The molecule has 1 aromatic rings. The molecule has 0 aromatic heterocycles. The molecule has 0 spiro atoms. The molecule has 122 valence electrons. The summed E-state index contributed by atoms with van der Waals surface area (Å²) < 4.78 is 25.1. The van der Waals surface area contributed by atoms with Crippen LogP contribution in [0.1, 0.15) is 17.3 Å². The minimum absolute atomic E-state index is 0.190. The number of hydrogen-bond acceptors (Lipinski definition) is 8. The molecule has 23 heavy (non-hydrogen) atoms. The van der Waals surface area contributed by atoms with Crippen LogP contribution in [0.4, 0.5) is 9.59 Å². The molecule has 0 aliphatic carbocycles. The molecule has 0 bridgehead atoms. The minimum Gasteiger partial charge on any atom is -0.451 e. The van der Waals surface area contributed by atoms with Crippen LogP contribution in [0.3, 0.4) is 0 Å². The van der Waals surface area contributed by atoms with E-state index in [1.54, 1.807) is 30.3 Å². The maximum absolute atomic E-state index is 12.2. The van der Waals surface area contributed by atoms with Crippen molar-refractivity contribution in [1.82, 2.24) is 0 Å². The summed E-state index contributed by atoms with van der Waals surface area (Å²) in [6, 6.07) is 8.30. The number of esters is 1. The Morgan fingerprint density at radius 3 is 2.57 bits per heavy atom. The summed E-state index contributed by atoms with van der Waals surface area (Å²) in [7, 11) is 0. The zero-order chi connectivity index (χ0) is 16.4. The standard InChI is InChI=1S/C15H14O8/c1-8-11(22-13(16)9-5-3-2-4-6-9)12-10(21-15(18)20-8)7-19-14(17)23-12/h2-6,8,10-12H,7H2,1H3. The van der Waals surface area contributed by atoms with Gasteiger partial charge in [0.1, 0.15) is 12.7 Å². The quantitative estimate of drug-likeness (QED) is 0.599. The highest BCUT2D eigenvalue weighted by Crippen LogP contribution is 2.26. The van der Waals surface area contributed by atoms with Crippen molar-refractivity contribution in [2.75, 3.05) is 6.61 Å². The number of ether oxygens (including phenoxy) is 5. The van der Waals surface area contributed by atoms with Gasteiger partial charge in [-0.2, -0.15) is 0 Å². The smallest absolute Gasteiger partial charge is 0.451 e. The lowest BCUT2D eigenvalue weighted by molar-refractivity contribution is -0.135. The van der Waals surface area contributed by atoms with E-state index in [1.165, 1.54) is 6.92 Å². The van der Waals surface area contributed by atoms with Gasteiger partial charge in [0.05, 0.1) is 5.56 Å². The highest BCUT2D eigenvalue weighted by Gasteiger charge is 2.49. The lowest BCUT2D eigenvalue weighted by Gasteiger charge is -2.32. The van der Waals surface area contributed by atoms with Gasteiger partial charge in [0, 0.05) is 0 Å². The van der Waals surface area contributed by atoms with E-state index >= 15 is 0 Å². The SMILES string of the molecule is CC1OC(=O)OC2COC(=O)OC2C1OC(=O)c1ccccc1. The molecule has 2 heterocycles. The lowest BCUT2D eigenvalue weighted by Crippen LogP contribution is -2.52. The molecule has 8 nitrogen and oxygen atoms in total. The van der Waals surface area contributed by atoms with Gasteiger partial charge in [0.15, 0.2) is 18.3 Å². The van der Waals surface area contributed by atoms with Crippen LogP contribution in [0.25, 0.3) is 0 Å². The molecule has 2 aliphatic heterocycles. The number of rotatable bonds is 2. The predicted octanol–water partition coefficient (Wildman–Crippen LogP) is 1.67. The topological polar surface area (TPSA) is 97.4 Å². The summed E-state index contributed by atoms with van der Waals surface area (Å²) in [5.74, 6) is -0.623. The molecule has 8 heteroatoms. The van der Waals surface area contributed by atoms with Gasteiger partial charge in [0.2, 0.25) is 0 Å². The van der Waals surface area contributed by atoms with Crippen LogP contribution in [0.2, 0.25) is 0 Å². The van der Waals surface area contributed by atoms with Crippen molar-refractivity contribution in [2.24, 2.45) is 0 Å². The Balaban J connectivity index is 1.82. The Hall–Kier alpha value is -2.77. The van der Waals surface area contributed by atoms with Gasteiger partial charge in [-0.15, -0.1) is 0 Å². The fraction of sp³-hybridized carbons (Fsp3) is 0.400. The molecule has 2 saturated heterocycles. The van der Waals surface area contributed by atoms with Crippen molar-refractivity contribution in [3.8, 4) is 0 Å². The molecule has 0 radical (unpaired) electrons. The van der Waals surface area contributed by atoms with Crippen molar-refractivity contribution in [1.29, 1.82) is 0 Å². The van der Waals surface area contributed by atoms with E-state index in [9.17, 15) is 14.4 Å². The fourth-order valence-corrected chi connectivity index (χ4v) is 2.41. The van der Waals surface area contributed by atoms with Crippen LogP contribution in [0.15, 0.2) is 30.3 Å². The highest BCUT2D eigenvalue weighted by atomic mass is 16.8. The number of carbonyl (C=O) groups is 3. The molecule has 1 aromatic carbocycles. The van der Waals surface area contributed by atoms with Crippen molar-refractivity contribution >= 4 is 18.3 Å². The number of cyclic esters (lactones) is 2. The number of fused-ring (bicyclic) bond motifs is 1. The zero-order valence-corrected chi connectivity index (χ0v) is 12.2. The monoisotopic (exact) mass is 322 g/mol. The third-order valence-electron chi connectivity index (χ3n) is 3.53. The van der Waals surface area contributed by atoms with Crippen LogP contribution >= 0.6 is 0 Å². The largest absolute Gasteiger partial charge is 0.509 e. The summed E-state index contributed by atoms with van der Waals surface area (Å²) in [6.45, 7) is 1.33. The third-order valence-corrected chi connectivity index (χ3v) is 3.53. The van der Waals surface area contributed by atoms with Gasteiger partial charge in [-0.25, -0.2) is 14.4 Å². The first-order valence-corrected chi connectivity index (χ1v) is 7.01. The molecule has 0 saturated carbocycles. The van der Waals surface area contributed by atoms with Crippen molar-refractivity contribution < 1.29 is 38.1 Å². The maximum Gasteiger partial charge on any atom is 0.509 e. The minimum atomic E-state index is -1.01. The average molecular weight is 322 g/mol. The first-order valence-electron chi connectivity index (χ1n) is 7.01. The summed E-state index contributed by atoms with van der Waals surface area (Å²) in [6.07, 6.45) is -5.61. The molecule has 2 fully saturated rings. The summed E-state index contributed by atoms with van der Waals surface area (Å²) in [5.41, 5.74) is 0.325. The second-order valence-corrected chi connectivity index (χ2v) is 5.11. The Kier molecular flexibility index (Phi) is 4.05. The van der Waals surface area contributed by atoms with Crippen LogP contribution < -0.4 is 0 Å². The fourth-order valence-electron chi connectivity index (χ4n) is 2.41. The van der Waals surface area contributed by atoms with Gasteiger partial charge in [-0.3, -0.25) is 0 Å². The van der Waals surface area contributed by atoms with Crippen molar-refractivity contribution in [3.05, 3.63) is 35.9 Å². The van der Waals surface area contributed by atoms with E-state index in [0.717, 1.165) is 0 Å². The normalized spacial score (nSPS) is 29.8. The second kappa shape index (κ2) is 6.15. The number of carbonyl (C=O) groups excluding carboxylic acids is 3. The first kappa shape index (κ1) is 15.1. The molecule has 0 N–H and O–H groups in total. The Labute approximate surface area is 131 Å². The predicted molar refractivity (Wildman–Crippen MR) is 72.7 cm³/mol. The molecule has 4 unspecified atom stereocenters.